The highest BCUT2D eigenvalue weighted by Gasteiger charge is 2.27. The number of nitrogens with one attached hydrogen (secondary N) is 1. The third kappa shape index (κ3) is 3.50. The zero-order valence-corrected chi connectivity index (χ0v) is 15.9. The standard InChI is InChI=1S/C18H15BrFN5O2/c1-24-8-14-15(23-24)9-25(18(26)22-14)17-7-11(4-5-12(17)19)27-10-16-13(20)3-2-6-21-16/h2-8H,9-10H2,1H3,(H,22,26). The summed E-state index contributed by atoms with van der Waals surface area (Å²) in [7, 11) is 1.80. The molecule has 3 heterocycles. The Kier molecular flexibility index (Phi) is 4.53. The highest BCUT2D eigenvalue weighted by atomic mass is 79.9. The third-order valence-corrected chi connectivity index (χ3v) is 4.79. The normalized spacial score (nSPS) is 13.3. The molecule has 3 aromatic rings. The monoisotopic (exact) mass is 431 g/mol. The molecule has 1 aliphatic heterocycles. The lowest BCUT2D eigenvalue weighted by molar-refractivity contribution is 0.256. The molecule has 0 radical (unpaired) electrons. The number of pyridine rings is 1. The maximum atomic E-state index is 13.7. The van der Waals surface area contributed by atoms with Crippen LogP contribution in [0.25, 0.3) is 0 Å². The number of carbonyl (C=O) groups excluding carboxylic acids is 1. The van der Waals surface area contributed by atoms with Gasteiger partial charge in [0, 0.05) is 30.0 Å². The summed E-state index contributed by atoms with van der Waals surface area (Å²) in [5.74, 6) is 0.0748. The zero-order chi connectivity index (χ0) is 19.0. The Morgan fingerprint density at radius 1 is 1.37 bits per heavy atom. The van der Waals surface area contributed by atoms with E-state index in [9.17, 15) is 9.18 Å². The molecule has 9 heteroatoms. The summed E-state index contributed by atoms with van der Waals surface area (Å²) >= 11 is 3.47. The molecule has 0 saturated heterocycles. The van der Waals surface area contributed by atoms with Crippen molar-refractivity contribution >= 4 is 33.3 Å². The van der Waals surface area contributed by atoms with Crippen molar-refractivity contribution in [1.29, 1.82) is 0 Å². The Balaban J connectivity index is 1.57. The van der Waals surface area contributed by atoms with Crippen molar-refractivity contribution in [3.05, 3.63) is 64.4 Å². The predicted octanol–water partition coefficient (Wildman–Crippen LogP) is 3.85. The van der Waals surface area contributed by atoms with Crippen LogP contribution in [0.4, 0.5) is 20.6 Å². The minimum Gasteiger partial charge on any atom is -0.487 e. The fraction of sp³-hybridized carbons (Fsp3) is 0.167. The van der Waals surface area contributed by atoms with Gasteiger partial charge in [0.25, 0.3) is 0 Å². The number of aromatic nitrogens is 3. The van der Waals surface area contributed by atoms with Gasteiger partial charge in [0.1, 0.15) is 29.6 Å². The number of benzene rings is 1. The molecular formula is C18H15BrFN5O2. The lowest BCUT2D eigenvalue weighted by Crippen LogP contribution is -2.38. The number of halogens is 2. The molecule has 2 amide bonds. The minimum atomic E-state index is -0.423. The second-order valence-corrected chi connectivity index (χ2v) is 6.87. The average molecular weight is 432 g/mol. The maximum Gasteiger partial charge on any atom is 0.326 e. The van der Waals surface area contributed by atoms with E-state index < -0.39 is 5.82 Å². The van der Waals surface area contributed by atoms with Crippen LogP contribution < -0.4 is 15.0 Å². The molecule has 1 aromatic carbocycles. The van der Waals surface area contributed by atoms with Gasteiger partial charge >= 0.3 is 6.03 Å². The second kappa shape index (κ2) is 6.99. The first-order valence-electron chi connectivity index (χ1n) is 8.14. The van der Waals surface area contributed by atoms with Crippen LogP contribution in [0.2, 0.25) is 0 Å². The van der Waals surface area contributed by atoms with E-state index in [-0.39, 0.29) is 18.3 Å². The van der Waals surface area contributed by atoms with Crippen molar-refractivity contribution in [2.24, 2.45) is 7.05 Å². The third-order valence-electron chi connectivity index (χ3n) is 4.12. The van der Waals surface area contributed by atoms with Gasteiger partial charge in [0.05, 0.1) is 17.9 Å². The summed E-state index contributed by atoms with van der Waals surface area (Å²) in [5, 5.41) is 7.19. The number of aryl methyl sites for hydroxylation is 1. The van der Waals surface area contributed by atoms with Gasteiger partial charge in [-0.1, -0.05) is 0 Å². The van der Waals surface area contributed by atoms with Gasteiger partial charge in [-0.3, -0.25) is 14.6 Å². The van der Waals surface area contributed by atoms with Crippen molar-refractivity contribution in [1.82, 2.24) is 14.8 Å². The number of hydrogen-bond donors (Lipinski definition) is 1. The number of fused-ring (bicyclic) bond motifs is 1. The summed E-state index contributed by atoms with van der Waals surface area (Å²) in [6.07, 6.45) is 3.28. The zero-order valence-electron chi connectivity index (χ0n) is 14.3. The van der Waals surface area contributed by atoms with E-state index in [1.54, 1.807) is 41.0 Å². The van der Waals surface area contributed by atoms with Crippen LogP contribution in [0.1, 0.15) is 11.4 Å². The summed E-state index contributed by atoms with van der Waals surface area (Å²) < 4.78 is 21.8. The van der Waals surface area contributed by atoms with Crippen LogP contribution >= 0.6 is 15.9 Å². The molecule has 0 unspecified atom stereocenters. The number of carbonyl (C=O) groups is 1. The van der Waals surface area contributed by atoms with Crippen molar-refractivity contribution in [2.45, 2.75) is 13.2 Å². The van der Waals surface area contributed by atoms with Crippen LogP contribution in [0.15, 0.2) is 47.2 Å². The van der Waals surface area contributed by atoms with Crippen molar-refractivity contribution in [3.63, 3.8) is 0 Å². The maximum absolute atomic E-state index is 13.7. The predicted molar refractivity (Wildman–Crippen MR) is 101 cm³/mol. The van der Waals surface area contributed by atoms with E-state index in [2.05, 4.69) is 31.3 Å². The van der Waals surface area contributed by atoms with Gasteiger partial charge in [0.15, 0.2) is 0 Å². The molecule has 0 aliphatic carbocycles. The lowest BCUT2D eigenvalue weighted by Gasteiger charge is -2.27. The lowest BCUT2D eigenvalue weighted by atomic mass is 10.2. The van der Waals surface area contributed by atoms with Gasteiger partial charge in [-0.25, -0.2) is 9.18 Å². The quantitative estimate of drug-likeness (QED) is 0.680. The molecule has 0 saturated carbocycles. The number of anilines is 2. The fourth-order valence-electron chi connectivity index (χ4n) is 2.82. The highest BCUT2D eigenvalue weighted by molar-refractivity contribution is 9.10. The Morgan fingerprint density at radius 3 is 3.04 bits per heavy atom. The number of hydrogen-bond acceptors (Lipinski definition) is 4. The molecule has 138 valence electrons. The van der Waals surface area contributed by atoms with E-state index in [1.807, 2.05) is 0 Å². The topological polar surface area (TPSA) is 72.3 Å². The number of urea groups is 1. The Morgan fingerprint density at radius 2 is 2.22 bits per heavy atom. The fourth-order valence-corrected chi connectivity index (χ4v) is 3.28. The molecule has 7 nitrogen and oxygen atoms in total. The summed E-state index contributed by atoms with van der Waals surface area (Å²) in [5.41, 5.74) is 2.32. The van der Waals surface area contributed by atoms with Gasteiger partial charge in [-0.05, 0) is 40.2 Å². The van der Waals surface area contributed by atoms with Gasteiger partial charge in [-0.15, -0.1) is 0 Å². The minimum absolute atomic E-state index is 0.00959. The van der Waals surface area contributed by atoms with Crippen LogP contribution in [0.5, 0.6) is 5.75 Å². The summed E-state index contributed by atoms with van der Waals surface area (Å²) in [6.45, 7) is 0.323. The molecule has 2 aromatic heterocycles. The molecule has 0 atom stereocenters. The first-order valence-corrected chi connectivity index (χ1v) is 8.93. The first kappa shape index (κ1) is 17.5. The average Bonchev–Trinajstić information content (AvgIpc) is 3.00. The molecule has 1 N–H and O–H groups in total. The van der Waals surface area contributed by atoms with Gasteiger partial charge in [0.2, 0.25) is 0 Å². The van der Waals surface area contributed by atoms with Crippen LogP contribution in [0, 0.1) is 5.82 Å². The van der Waals surface area contributed by atoms with Crippen LogP contribution in [-0.2, 0) is 20.2 Å². The molecule has 4 rings (SSSR count). The largest absolute Gasteiger partial charge is 0.487 e. The van der Waals surface area contributed by atoms with Crippen LogP contribution in [-0.4, -0.2) is 20.8 Å². The number of rotatable bonds is 4. The smallest absolute Gasteiger partial charge is 0.326 e. The van der Waals surface area contributed by atoms with Crippen molar-refractivity contribution < 1.29 is 13.9 Å². The molecule has 1 aliphatic rings. The second-order valence-electron chi connectivity index (χ2n) is 6.01. The Bertz CT molecular complexity index is 1020. The molecule has 0 fully saturated rings. The van der Waals surface area contributed by atoms with E-state index in [0.717, 1.165) is 10.2 Å². The SMILES string of the molecule is Cn1cc2c(n1)CN(c1cc(OCc3ncccc3F)ccc1Br)C(=O)N2. The molecular weight excluding hydrogens is 417 g/mol. The van der Waals surface area contributed by atoms with E-state index in [4.69, 9.17) is 4.74 Å². The van der Waals surface area contributed by atoms with Crippen LogP contribution in [0.3, 0.4) is 0 Å². The highest BCUT2D eigenvalue weighted by Crippen LogP contribution is 2.34. The number of nitrogens with zero attached hydrogens (tertiary/aromatic N) is 4. The Labute approximate surface area is 162 Å². The summed E-state index contributed by atoms with van der Waals surface area (Å²) in [6, 6.07) is 7.84. The Hall–Kier alpha value is -2.94. The summed E-state index contributed by atoms with van der Waals surface area (Å²) in [4.78, 5) is 18.0. The van der Waals surface area contributed by atoms with E-state index in [0.29, 0.717) is 23.7 Å². The number of ether oxygens (including phenoxy) is 1. The van der Waals surface area contributed by atoms with E-state index in [1.165, 1.54) is 18.3 Å². The van der Waals surface area contributed by atoms with Crippen molar-refractivity contribution in [3.8, 4) is 5.75 Å². The number of amides is 2. The molecule has 0 bridgehead atoms. The van der Waals surface area contributed by atoms with Gasteiger partial charge < -0.3 is 10.1 Å². The first-order chi connectivity index (χ1) is 13.0. The van der Waals surface area contributed by atoms with Crippen molar-refractivity contribution in [2.75, 3.05) is 10.2 Å². The van der Waals surface area contributed by atoms with E-state index >= 15 is 0 Å². The molecule has 0 spiro atoms. The van der Waals surface area contributed by atoms with Gasteiger partial charge in [-0.2, -0.15) is 5.10 Å². The molecule has 27 heavy (non-hydrogen) atoms.